The summed E-state index contributed by atoms with van der Waals surface area (Å²) in [7, 11) is 0. The molecule has 5 heteroatoms. The van der Waals surface area contributed by atoms with Crippen molar-refractivity contribution in [3.05, 3.63) is 59.0 Å². The molecule has 0 aliphatic heterocycles. The number of hydrogen-bond donors (Lipinski definition) is 1. The molecule has 1 amide bonds. The molecule has 0 aliphatic rings. The molecule has 0 radical (unpaired) electrons. The highest BCUT2D eigenvalue weighted by Crippen LogP contribution is 2.14. The van der Waals surface area contributed by atoms with Gasteiger partial charge < -0.3 is 9.73 Å². The highest BCUT2D eigenvalue weighted by atomic mass is 35.5. The number of amides is 1. The average Bonchev–Trinajstić information content (AvgIpc) is 2.98. The van der Waals surface area contributed by atoms with E-state index in [0.717, 1.165) is 5.56 Å². The van der Waals surface area contributed by atoms with E-state index in [0.29, 0.717) is 11.6 Å². The molecular weight excluding hydrogens is 278 g/mol. The molecule has 0 saturated carbocycles. The van der Waals surface area contributed by atoms with Crippen LogP contribution in [0.15, 0.2) is 47.1 Å². The van der Waals surface area contributed by atoms with Crippen LogP contribution in [0.2, 0.25) is 5.02 Å². The molecule has 0 fully saturated rings. The predicted octanol–water partition coefficient (Wildman–Crippen LogP) is 3.21. The fraction of sp³-hybridized carbons (Fsp3) is 0.200. The fourth-order valence-corrected chi connectivity index (χ4v) is 1.91. The third-order valence-corrected chi connectivity index (χ3v) is 3.18. The molecule has 4 nitrogen and oxygen atoms in total. The number of ketones is 1. The average molecular weight is 292 g/mol. The standard InChI is InChI=1S/C15H14ClNO3/c16-12-5-2-1-4-11(12)10-17-15(19)8-7-13(18)14-6-3-9-20-14/h1-6,9H,7-8,10H2,(H,17,19). The number of furan rings is 1. The van der Waals surface area contributed by atoms with Crippen molar-refractivity contribution >= 4 is 23.3 Å². The van der Waals surface area contributed by atoms with Crippen LogP contribution in [0, 0.1) is 0 Å². The van der Waals surface area contributed by atoms with Crippen molar-refractivity contribution in [1.82, 2.24) is 5.32 Å². The molecule has 2 rings (SSSR count). The maximum absolute atomic E-state index is 11.7. The lowest BCUT2D eigenvalue weighted by Gasteiger charge is -2.06. The lowest BCUT2D eigenvalue weighted by Crippen LogP contribution is -2.23. The molecule has 0 saturated heterocycles. The highest BCUT2D eigenvalue weighted by Gasteiger charge is 2.11. The van der Waals surface area contributed by atoms with E-state index >= 15 is 0 Å². The normalized spacial score (nSPS) is 10.2. The molecule has 104 valence electrons. The summed E-state index contributed by atoms with van der Waals surface area (Å²) in [5, 5.41) is 3.34. The summed E-state index contributed by atoms with van der Waals surface area (Å²) in [4.78, 5) is 23.3. The Morgan fingerprint density at radius 2 is 1.90 bits per heavy atom. The van der Waals surface area contributed by atoms with Gasteiger partial charge in [-0.3, -0.25) is 9.59 Å². The van der Waals surface area contributed by atoms with Gasteiger partial charge in [-0.25, -0.2) is 0 Å². The van der Waals surface area contributed by atoms with Crippen LogP contribution in [-0.4, -0.2) is 11.7 Å². The molecule has 0 spiro atoms. The van der Waals surface area contributed by atoms with Crippen LogP contribution in [0.25, 0.3) is 0 Å². The number of carbonyl (C=O) groups excluding carboxylic acids is 2. The van der Waals surface area contributed by atoms with Crippen molar-refractivity contribution in [3.63, 3.8) is 0 Å². The summed E-state index contributed by atoms with van der Waals surface area (Å²) in [6.45, 7) is 0.355. The van der Waals surface area contributed by atoms with Crippen LogP contribution in [0.4, 0.5) is 0 Å². The summed E-state index contributed by atoms with van der Waals surface area (Å²) in [6.07, 6.45) is 1.69. The third-order valence-electron chi connectivity index (χ3n) is 2.81. The Labute approximate surface area is 121 Å². The second kappa shape index (κ2) is 6.91. The Morgan fingerprint density at radius 3 is 2.60 bits per heavy atom. The van der Waals surface area contributed by atoms with E-state index in [2.05, 4.69) is 5.32 Å². The molecule has 0 aliphatic carbocycles. The Bertz CT molecular complexity index is 593. The van der Waals surface area contributed by atoms with Crippen LogP contribution in [0.5, 0.6) is 0 Å². The summed E-state index contributed by atoms with van der Waals surface area (Å²) in [5.74, 6) is -0.0865. The minimum absolute atomic E-state index is 0.127. The Hall–Kier alpha value is -2.07. The van der Waals surface area contributed by atoms with Gasteiger partial charge in [0, 0.05) is 24.4 Å². The topological polar surface area (TPSA) is 59.3 Å². The first-order valence-electron chi connectivity index (χ1n) is 6.23. The smallest absolute Gasteiger partial charge is 0.220 e. The second-order valence-electron chi connectivity index (χ2n) is 4.27. The first kappa shape index (κ1) is 14.3. The van der Waals surface area contributed by atoms with Gasteiger partial charge in [-0.15, -0.1) is 0 Å². The van der Waals surface area contributed by atoms with Crippen molar-refractivity contribution in [2.24, 2.45) is 0 Å². The summed E-state index contributed by atoms with van der Waals surface area (Å²) in [6, 6.07) is 10.5. The van der Waals surface area contributed by atoms with Crippen LogP contribution >= 0.6 is 11.6 Å². The Balaban J connectivity index is 1.76. The predicted molar refractivity (Wildman–Crippen MR) is 75.6 cm³/mol. The number of benzene rings is 1. The number of carbonyl (C=O) groups is 2. The van der Waals surface area contributed by atoms with Gasteiger partial charge in [0.15, 0.2) is 11.5 Å². The van der Waals surface area contributed by atoms with E-state index in [1.807, 2.05) is 18.2 Å². The van der Waals surface area contributed by atoms with Gasteiger partial charge >= 0.3 is 0 Å². The molecule has 1 heterocycles. The van der Waals surface area contributed by atoms with Gasteiger partial charge in [-0.05, 0) is 23.8 Å². The van der Waals surface area contributed by atoms with Crippen molar-refractivity contribution in [3.8, 4) is 0 Å². The monoisotopic (exact) mass is 291 g/mol. The lowest BCUT2D eigenvalue weighted by molar-refractivity contribution is -0.121. The van der Waals surface area contributed by atoms with Crippen LogP contribution in [0.3, 0.4) is 0 Å². The molecule has 1 aromatic heterocycles. The minimum Gasteiger partial charge on any atom is -0.461 e. The SMILES string of the molecule is O=C(CCC(=O)c1ccco1)NCc1ccccc1Cl. The maximum atomic E-state index is 11.7. The van der Waals surface area contributed by atoms with E-state index in [4.69, 9.17) is 16.0 Å². The first-order valence-corrected chi connectivity index (χ1v) is 6.61. The highest BCUT2D eigenvalue weighted by molar-refractivity contribution is 6.31. The largest absolute Gasteiger partial charge is 0.461 e. The molecule has 1 aromatic carbocycles. The number of hydrogen-bond acceptors (Lipinski definition) is 3. The number of rotatable bonds is 6. The zero-order valence-electron chi connectivity index (χ0n) is 10.8. The summed E-state index contributed by atoms with van der Waals surface area (Å²) < 4.78 is 4.97. The Morgan fingerprint density at radius 1 is 1.10 bits per heavy atom. The maximum Gasteiger partial charge on any atom is 0.220 e. The molecular formula is C15H14ClNO3. The fourth-order valence-electron chi connectivity index (χ4n) is 1.71. The summed E-state index contributed by atoms with van der Waals surface area (Å²) >= 11 is 5.98. The Kier molecular flexibility index (Phi) is 4.96. The quantitative estimate of drug-likeness (QED) is 0.831. The van der Waals surface area contributed by atoms with E-state index in [1.165, 1.54) is 6.26 Å². The van der Waals surface area contributed by atoms with E-state index in [-0.39, 0.29) is 30.3 Å². The van der Waals surface area contributed by atoms with Crippen LogP contribution in [-0.2, 0) is 11.3 Å². The minimum atomic E-state index is -0.190. The van der Waals surface area contributed by atoms with Gasteiger partial charge in [0.05, 0.1) is 6.26 Å². The number of nitrogens with one attached hydrogen (secondary N) is 1. The summed E-state index contributed by atoms with van der Waals surface area (Å²) in [5.41, 5.74) is 0.847. The van der Waals surface area contributed by atoms with Crippen molar-refractivity contribution in [2.45, 2.75) is 19.4 Å². The number of halogens is 1. The first-order chi connectivity index (χ1) is 9.66. The van der Waals surface area contributed by atoms with Crippen molar-refractivity contribution in [2.75, 3.05) is 0 Å². The third kappa shape index (κ3) is 3.96. The van der Waals surface area contributed by atoms with Gasteiger partial charge in [0.1, 0.15) is 0 Å². The van der Waals surface area contributed by atoms with Crippen molar-refractivity contribution < 1.29 is 14.0 Å². The molecule has 20 heavy (non-hydrogen) atoms. The van der Waals surface area contributed by atoms with Crippen molar-refractivity contribution in [1.29, 1.82) is 0 Å². The van der Waals surface area contributed by atoms with Gasteiger partial charge in [-0.1, -0.05) is 29.8 Å². The molecule has 1 N–H and O–H groups in total. The van der Waals surface area contributed by atoms with Crippen LogP contribution in [0.1, 0.15) is 29.0 Å². The zero-order chi connectivity index (χ0) is 14.4. The second-order valence-corrected chi connectivity index (χ2v) is 4.68. The van der Waals surface area contributed by atoms with E-state index < -0.39 is 0 Å². The van der Waals surface area contributed by atoms with Gasteiger partial charge in [0.25, 0.3) is 0 Å². The van der Waals surface area contributed by atoms with Gasteiger partial charge in [-0.2, -0.15) is 0 Å². The molecule has 0 bridgehead atoms. The number of Topliss-reactive ketones (excluding diaryl/α,β-unsaturated/α-hetero) is 1. The molecule has 2 aromatic rings. The molecule has 0 unspecified atom stereocenters. The van der Waals surface area contributed by atoms with E-state index in [1.54, 1.807) is 18.2 Å². The molecule has 0 atom stereocenters. The van der Waals surface area contributed by atoms with E-state index in [9.17, 15) is 9.59 Å². The van der Waals surface area contributed by atoms with Gasteiger partial charge in [0.2, 0.25) is 5.91 Å². The zero-order valence-corrected chi connectivity index (χ0v) is 11.5. The lowest BCUT2D eigenvalue weighted by atomic mass is 10.1. The van der Waals surface area contributed by atoms with Crippen LogP contribution < -0.4 is 5.32 Å².